The molecular formula is C25H18FNO5. The topological polar surface area (TPSA) is 81.8 Å². The van der Waals surface area contributed by atoms with Crippen LogP contribution < -0.4 is 4.74 Å². The molecule has 0 fully saturated rings. The van der Waals surface area contributed by atoms with Crippen molar-refractivity contribution < 1.29 is 28.2 Å². The summed E-state index contributed by atoms with van der Waals surface area (Å²) in [5.41, 5.74) is 0.638. The minimum Gasteiger partial charge on any atom is -0.508 e. The number of hydrogen-bond donors (Lipinski definition) is 1. The zero-order valence-corrected chi connectivity index (χ0v) is 16.8. The number of ether oxygens (including phenoxy) is 2. The second-order valence-corrected chi connectivity index (χ2v) is 7.43. The van der Waals surface area contributed by atoms with E-state index in [9.17, 15) is 14.3 Å². The maximum Gasteiger partial charge on any atom is 0.226 e. The summed E-state index contributed by atoms with van der Waals surface area (Å²) in [4.78, 5) is 18.0. The van der Waals surface area contributed by atoms with Crippen molar-refractivity contribution in [1.82, 2.24) is 4.98 Å². The highest BCUT2D eigenvalue weighted by atomic mass is 19.1. The number of para-hydroxylation sites is 1. The average molecular weight is 431 g/mol. The van der Waals surface area contributed by atoms with Crippen molar-refractivity contribution in [3.8, 4) is 23.0 Å². The van der Waals surface area contributed by atoms with E-state index in [-0.39, 0.29) is 30.6 Å². The Hall–Kier alpha value is -3.97. The minimum absolute atomic E-state index is 0.0250. The quantitative estimate of drug-likeness (QED) is 0.485. The zero-order chi connectivity index (χ0) is 22.1. The number of oxazole rings is 1. The highest BCUT2D eigenvalue weighted by Crippen LogP contribution is 2.39. The van der Waals surface area contributed by atoms with Crippen LogP contribution in [0.3, 0.4) is 0 Å². The molecule has 0 saturated carbocycles. The Morgan fingerprint density at radius 1 is 1.03 bits per heavy atom. The van der Waals surface area contributed by atoms with Crippen LogP contribution in [0.2, 0.25) is 0 Å². The van der Waals surface area contributed by atoms with Gasteiger partial charge in [0.05, 0.1) is 12.2 Å². The Morgan fingerprint density at radius 2 is 1.78 bits per heavy atom. The van der Waals surface area contributed by atoms with Crippen LogP contribution in [0.25, 0.3) is 11.5 Å². The van der Waals surface area contributed by atoms with Gasteiger partial charge in [-0.05, 0) is 54.1 Å². The number of aromatic nitrogens is 1. The van der Waals surface area contributed by atoms with E-state index in [0.717, 1.165) is 0 Å². The molecule has 5 rings (SSSR count). The van der Waals surface area contributed by atoms with Crippen molar-refractivity contribution >= 4 is 5.78 Å². The van der Waals surface area contributed by atoms with E-state index in [0.29, 0.717) is 34.0 Å². The van der Waals surface area contributed by atoms with Gasteiger partial charge in [0, 0.05) is 5.56 Å². The molecule has 1 aromatic heterocycles. The highest BCUT2D eigenvalue weighted by Gasteiger charge is 2.47. The second kappa shape index (κ2) is 7.94. The molecule has 1 N–H and O–H groups in total. The first-order valence-corrected chi connectivity index (χ1v) is 9.96. The smallest absolute Gasteiger partial charge is 0.226 e. The van der Waals surface area contributed by atoms with Gasteiger partial charge in [0.2, 0.25) is 11.7 Å². The summed E-state index contributed by atoms with van der Waals surface area (Å²) in [6.45, 7) is -0.0564. The van der Waals surface area contributed by atoms with Gasteiger partial charge in [-0.25, -0.2) is 9.37 Å². The molecule has 3 aromatic carbocycles. The number of halogens is 1. The van der Waals surface area contributed by atoms with Crippen molar-refractivity contribution in [1.29, 1.82) is 0 Å². The molecule has 0 bridgehead atoms. The third-order valence-electron chi connectivity index (χ3n) is 5.37. The Kier molecular flexibility index (Phi) is 4.95. The number of rotatable bonds is 5. The fraction of sp³-hybridized carbons (Fsp3) is 0.120. The molecule has 0 radical (unpaired) electrons. The molecule has 2 heterocycles. The lowest BCUT2D eigenvalue weighted by Gasteiger charge is -2.36. The van der Waals surface area contributed by atoms with E-state index in [2.05, 4.69) is 4.98 Å². The van der Waals surface area contributed by atoms with Crippen LogP contribution in [-0.4, -0.2) is 22.5 Å². The molecule has 0 spiro atoms. The number of phenols is 1. The average Bonchev–Trinajstić information content (AvgIpc) is 3.29. The van der Waals surface area contributed by atoms with Crippen LogP contribution in [0.1, 0.15) is 21.6 Å². The summed E-state index contributed by atoms with van der Waals surface area (Å²) in [5, 5.41) is 9.70. The molecule has 1 aliphatic heterocycles. The third kappa shape index (κ3) is 3.52. The molecular weight excluding hydrogens is 413 g/mol. The van der Waals surface area contributed by atoms with Gasteiger partial charge >= 0.3 is 0 Å². The van der Waals surface area contributed by atoms with Gasteiger partial charge in [0.25, 0.3) is 0 Å². The van der Waals surface area contributed by atoms with Crippen molar-refractivity contribution in [2.75, 3.05) is 6.61 Å². The third-order valence-corrected chi connectivity index (χ3v) is 5.37. The second-order valence-electron chi connectivity index (χ2n) is 7.43. The predicted octanol–water partition coefficient (Wildman–Crippen LogP) is 4.87. The Morgan fingerprint density at radius 3 is 2.56 bits per heavy atom. The maximum absolute atomic E-state index is 13.6. The summed E-state index contributed by atoms with van der Waals surface area (Å²) in [6.07, 6.45) is 1.44. The van der Waals surface area contributed by atoms with E-state index in [1.54, 1.807) is 48.5 Å². The number of carbonyl (C=O) groups is 1. The van der Waals surface area contributed by atoms with Crippen LogP contribution in [-0.2, 0) is 16.9 Å². The standard InChI is InChI=1S/C25H18FNO5/c26-18-9-5-16(6-10-18)24-27-19(13-30-24)14-32-25(17-7-11-20(28)12-8-17)15-31-22-4-2-1-3-21(22)23(25)29/h1-13,28H,14-15H2. The number of phenolic OH excluding ortho intramolecular Hbond substituents is 1. The van der Waals surface area contributed by atoms with Gasteiger partial charge in [-0.3, -0.25) is 4.79 Å². The van der Waals surface area contributed by atoms with E-state index in [4.69, 9.17) is 13.9 Å². The van der Waals surface area contributed by atoms with Crippen LogP contribution in [0.5, 0.6) is 11.5 Å². The van der Waals surface area contributed by atoms with Crippen LogP contribution in [0.4, 0.5) is 4.39 Å². The molecule has 0 amide bonds. The number of hydrogen-bond acceptors (Lipinski definition) is 6. The Bertz CT molecular complexity index is 1270. The molecule has 6 nitrogen and oxygen atoms in total. The number of fused-ring (bicyclic) bond motifs is 1. The van der Waals surface area contributed by atoms with E-state index >= 15 is 0 Å². The van der Waals surface area contributed by atoms with Crippen LogP contribution in [0.15, 0.2) is 83.5 Å². The normalized spacial score (nSPS) is 17.6. The first-order chi connectivity index (χ1) is 15.5. The fourth-order valence-electron chi connectivity index (χ4n) is 3.67. The van der Waals surface area contributed by atoms with Gasteiger partial charge in [0.1, 0.15) is 35.9 Å². The van der Waals surface area contributed by atoms with Gasteiger partial charge in [0.15, 0.2) is 5.60 Å². The first-order valence-electron chi connectivity index (χ1n) is 9.96. The fourth-order valence-corrected chi connectivity index (χ4v) is 3.67. The van der Waals surface area contributed by atoms with Crippen molar-refractivity contribution in [2.45, 2.75) is 12.2 Å². The lowest BCUT2D eigenvalue weighted by molar-refractivity contribution is -0.0692. The molecule has 1 atom stereocenters. The molecule has 32 heavy (non-hydrogen) atoms. The SMILES string of the molecule is O=C1c2ccccc2OCC1(OCc1coc(-c2ccc(F)cc2)n1)c1ccc(O)cc1. The molecule has 0 saturated heterocycles. The monoisotopic (exact) mass is 431 g/mol. The molecule has 7 heteroatoms. The molecule has 4 aromatic rings. The van der Waals surface area contributed by atoms with E-state index in [1.165, 1.54) is 30.5 Å². The number of aromatic hydroxyl groups is 1. The summed E-state index contributed by atoms with van der Waals surface area (Å²) in [5.74, 6) is 0.298. The largest absolute Gasteiger partial charge is 0.508 e. The van der Waals surface area contributed by atoms with Crippen LogP contribution in [0, 0.1) is 5.82 Å². The molecule has 160 valence electrons. The summed E-state index contributed by atoms with van der Waals surface area (Å²) < 4.78 is 30.7. The van der Waals surface area contributed by atoms with E-state index in [1.807, 2.05) is 0 Å². The van der Waals surface area contributed by atoms with E-state index < -0.39 is 5.60 Å². The number of nitrogens with zero attached hydrogens (tertiary/aromatic N) is 1. The highest BCUT2D eigenvalue weighted by molar-refractivity contribution is 6.06. The van der Waals surface area contributed by atoms with Gasteiger partial charge < -0.3 is 19.0 Å². The Labute approximate surface area is 182 Å². The Balaban J connectivity index is 1.46. The van der Waals surface area contributed by atoms with Crippen LogP contribution >= 0.6 is 0 Å². The maximum atomic E-state index is 13.6. The summed E-state index contributed by atoms with van der Waals surface area (Å²) >= 11 is 0. The summed E-state index contributed by atoms with van der Waals surface area (Å²) in [7, 11) is 0. The first kappa shape index (κ1) is 20.0. The number of benzene rings is 3. The zero-order valence-electron chi connectivity index (χ0n) is 16.8. The van der Waals surface area contributed by atoms with Gasteiger partial charge in [-0.2, -0.15) is 0 Å². The van der Waals surface area contributed by atoms with Gasteiger partial charge in [-0.15, -0.1) is 0 Å². The minimum atomic E-state index is -1.42. The van der Waals surface area contributed by atoms with Crippen molar-refractivity contribution in [2.24, 2.45) is 0 Å². The number of Topliss-reactive ketones (excluding diaryl/α,β-unsaturated/α-hetero) is 1. The number of carbonyl (C=O) groups excluding carboxylic acids is 1. The van der Waals surface area contributed by atoms with Crippen molar-refractivity contribution in [3.63, 3.8) is 0 Å². The summed E-state index contributed by atoms with van der Waals surface area (Å²) in [6, 6.07) is 19.0. The predicted molar refractivity (Wildman–Crippen MR) is 113 cm³/mol. The van der Waals surface area contributed by atoms with Gasteiger partial charge in [-0.1, -0.05) is 24.3 Å². The molecule has 1 aliphatic rings. The lowest BCUT2D eigenvalue weighted by Crippen LogP contribution is -2.47. The number of ketones is 1. The molecule has 0 aliphatic carbocycles. The molecule has 1 unspecified atom stereocenters. The lowest BCUT2D eigenvalue weighted by atomic mass is 9.84. The van der Waals surface area contributed by atoms with Crippen molar-refractivity contribution in [3.05, 3.63) is 102 Å².